The highest BCUT2D eigenvalue weighted by Crippen LogP contribution is 2.31. The highest BCUT2D eigenvalue weighted by molar-refractivity contribution is 5.85. The quantitative estimate of drug-likeness (QED) is 0.104. The van der Waals surface area contributed by atoms with Gasteiger partial charge in [0.1, 0.15) is 6.61 Å². The molecule has 0 saturated heterocycles. The molecule has 1 N–H and O–H groups in total. The Hall–Kier alpha value is -3.36. The largest absolute Gasteiger partial charge is 0.483 e. The topological polar surface area (TPSA) is 59.9 Å². The Morgan fingerprint density at radius 1 is 1.13 bits per heavy atom. The van der Waals surface area contributed by atoms with Crippen molar-refractivity contribution in [1.82, 2.24) is 5.32 Å². The van der Waals surface area contributed by atoms with E-state index in [9.17, 15) is 4.79 Å². The lowest BCUT2D eigenvalue weighted by Crippen LogP contribution is -2.38. The third-order valence-electron chi connectivity index (χ3n) is 7.44. The van der Waals surface area contributed by atoms with Gasteiger partial charge in [0.05, 0.1) is 19.6 Å². The summed E-state index contributed by atoms with van der Waals surface area (Å²) < 4.78 is 10.7. The van der Waals surface area contributed by atoms with Gasteiger partial charge in [-0.2, -0.15) is 0 Å². The second kappa shape index (κ2) is 15.1. The number of terminal acetylenes is 1. The van der Waals surface area contributed by atoms with Crippen LogP contribution in [-0.4, -0.2) is 45.0 Å². The number of aliphatic imine (C=N–C) groups is 1. The van der Waals surface area contributed by atoms with E-state index in [1.807, 2.05) is 38.3 Å². The van der Waals surface area contributed by atoms with Crippen molar-refractivity contribution in [3.05, 3.63) is 70.5 Å². The molecule has 3 rings (SSSR count). The molecule has 1 aliphatic carbocycles. The molecule has 1 unspecified atom stereocenters. The summed E-state index contributed by atoms with van der Waals surface area (Å²) in [7, 11) is 1.63. The first kappa shape index (κ1) is 29.2. The number of hydrogen-bond donors (Lipinski definition) is 1. The lowest BCUT2D eigenvalue weighted by molar-refractivity contribution is -0.121. The van der Waals surface area contributed by atoms with Crippen LogP contribution in [0.4, 0.5) is 0 Å². The predicted molar refractivity (Wildman–Crippen MR) is 157 cm³/mol. The van der Waals surface area contributed by atoms with Crippen molar-refractivity contribution in [2.75, 3.05) is 26.9 Å². The molecule has 2 aromatic rings. The van der Waals surface area contributed by atoms with Crippen molar-refractivity contribution in [3.8, 4) is 12.3 Å². The fourth-order valence-electron chi connectivity index (χ4n) is 4.66. The summed E-state index contributed by atoms with van der Waals surface area (Å²) in [5.74, 6) is 3.95. The number of allylic oxidation sites excluding steroid dienone is 3. The van der Waals surface area contributed by atoms with E-state index >= 15 is 0 Å². The van der Waals surface area contributed by atoms with Crippen LogP contribution in [0.3, 0.4) is 0 Å². The lowest BCUT2D eigenvalue weighted by atomic mass is 9.80. The van der Waals surface area contributed by atoms with Gasteiger partial charge in [-0.15, -0.1) is 6.42 Å². The maximum absolute atomic E-state index is 12.9. The SMILES string of the molecule is C#C/C(OCCOC)=C(C)\C(C)=C(/C)CN=CCC(CC1CCC1)NC(=O)Cc1ccc2ccccc2c1. The fourth-order valence-corrected chi connectivity index (χ4v) is 4.66. The molecule has 38 heavy (non-hydrogen) atoms. The van der Waals surface area contributed by atoms with Gasteiger partial charge < -0.3 is 14.8 Å². The second-order valence-electron chi connectivity index (χ2n) is 10.3. The molecular formula is C33H42N2O3. The Kier molecular flexibility index (Phi) is 11.6. The van der Waals surface area contributed by atoms with Gasteiger partial charge >= 0.3 is 0 Å². The zero-order valence-electron chi connectivity index (χ0n) is 23.4. The van der Waals surface area contributed by atoms with Crippen LogP contribution in [0.15, 0.2) is 69.9 Å². The van der Waals surface area contributed by atoms with Gasteiger partial charge in [0, 0.05) is 31.4 Å². The molecule has 0 aliphatic heterocycles. The number of benzene rings is 2. The molecule has 0 spiro atoms. The summed E-state index contributed by atoms with van der Waals surface area (Å²) in [6.07, 6.45) is 13.6. The zero-order valence-corrected chi connectivity index (χ0v) is 23.4. The molecule has 0 heterocycles. The van der Waals surface area contributed by atoms with Crippen LogP contribution in [0.5, 0.6) is 0 Å². The molecule has 5 heteroatoms. The first-order valence-electron chi connectivity index (χ1n) is 13.6. The van der Waals surface area contributed by atoms with E-state index in [1.165, 1.54) is 24.6 Å². The Bertz CT molecular complexity index is 1210. The average Bonchev–Trinajstić information content (AvgIpc) is 2.89. The number of fused-ring (bicyclic) bond motifs is 1. The van der Waals surface area contributed by atoms with E-state index in [0.29, 0.717) is 37.9 Å². The normalized spacial score (nSPS) is 15.9. The van der Waals surface area contributed by atoms with E-state index in [4.69, 9.17) is 15.9 Å². The van der Waals surface area contributed by atoms with E-state index in [2.05, 4.69) is 47.4 Å². The minimum absolute atomic E-state index is 0.0703. The molecule has 1 saturated carbocycles. The highest BCUT2D eigenvalue weighted by atomic mass is 16.5. The molecule has 1 aliphatic rings. The number of nitrogens with one attached hydrogen (secondary N) is 1. The summed E-state index contributed by atoms with van der Waals surface area (Å²) >= 11 is 0. The maximum Gasteiger partial charge on any atom is 0.224 e. The predicted octanol–water partition coefficient (Wildman–Crippen LogP) is 6.42. The van der Waals surface area contributed by atoms with Gasteiger partial charge in [-0.05, 0) is 66.5 Å². The molecule has 1 fully saturated rings. The summed E-state index contributed by atoms with van der Waals surface area (Å²) in [5, 5.41) is 5.64. The van der Waals surface area contributed by atoms with Crippen LogP contribution in [0.1, 0.15) is 58.4 Å². The Morgan fingerprint density at radius 3 is 2.58 bits per heavy atom. The smallest absolute Gasteiger partial charge is 0.224 e. The molecule has 2 aromatic carbocycles. The van der Waals surface area contributed by atoms with E-state index in [1.54, 1.807) is 7.11 Å². The molecule has 1 amide bonds. The van der Waals surface area contributed by atoms with Crippen LogP contribution < -0.4 is 5.32 Å². The number of ether oxygens (including phenoxy) is 2. The standard InChI is InChI=1S/C33H42N2O3/c1-6-32(38-19-18-37-5)26(4)25(3)24(2)23-34-17-16-31(21-27-10-9-11-27)35-33(36)22-28-14-15-29-12-7-8-13-30(29)20-28/h1,7-8,12-15,17,20,27,31H,9-11,16,18-19,21-23H2,2-5H3,(H,35,36)/b25-24+,32-26+,34-17?. The Morgan fingerprint density at radius 2 is 1.89 bits per heavy atom. The van der Waals surface area contributed by atoms with Crippen molar-refractivity contribution >= 4 is 22.9 Å². The van der Waals surface area contributed by atoms with Gasteiger partial charge in [0.15, 0.2) is 5.76 Å². The molecule has 5 nitrogen and oxygen atoms in total. The van der Waals surface area contributed by atoms with E-state index in [-0.39, 0.29) is 11.9 Å². The monoisotopic (exact) mass is 514 g/mol. The van der Waals surface area contributed by atoms with Gasteiger partial charge in [-0.1, -0.05) is 61.7 Å². The molecule has 0 bridgehead atoms. The summed E-state index contributed by atoms with van der Waals surface area (Å²) in [6, 6.07) is 14.6. The third kappa shape index (κ3) is 8.89. The zero-order chi connectivity index (χ0) is 27.3. The molecule has 202 valence electrons. The van der Waals surface area contributed by atoms with E-state index in [0.717, 1.165) is 40.5 Å². The van der Waals surface area contributed by atoms with Gasteiger partial charge in [0.25, 0.3) is 0 Å². The van der Waals surface area contributed by atoms with Crippen molar-refractivity contribution < 1.29 is 14.3 Å². The van der Waals surface area contributed by atoms with Crippen molar-refractivity contribution in [1.29, 1.82) is 0 Å². The minimum Gasteiger partial charge on any atom is -0.483 e. The second-order valence-corrected chi connectivity index (χ2v) is 10.3. The number of carbonyl (C=O) groups is 1. The molecule has 0 radical (unpaired) electrons. The van der Waals surface area contributed by atoms with Crippen LogP contribution in [0, 0.1) is 18.3 Å². The fraction of sp³-hybridized carbons (Fsp3) is 0.455. The molecule has 0 aromatic heterocycles. The summed E-state index contributed by atoms with van der Waals surface area (Å²) in [5.41, 5.74) is 4.20. The van der Waals surface area contributed by atoms with Gasteiger partial charge in [0.2, 0.25) is 5.91 Å². The van der Waals surface area contributed by atoms with Crippen molar-refractivity contribution in [2.24, 2.45) is 10.9 Å². The van der Waals surface area contributed by atoms with Crippen molar-refractivity contribution in [2.45, 2.75) is 65.3 Å². The Balaban J connectivity index is 1.58. The third-order valence-corrected chi connectivity index (χ3v) is 7.44. The number of nitrogens with zero attached hydrogens (tertiary/aromatic N) is 1. The minimum atomic E-state index is 0.0703. The lowest BCUT2D eigenvalue weighted by Gasteiger charge is -2.29. The summed E-state index contributed by atoms with van der Waals surface area (Å²) in [4.78, 5) is 17.6. The van der Waals surface area contributed by atoms with E-state index < -0.39 is 0 Å². The maximum atomic E-state index is 12.9. The number of amides is 1. The summed E-state index contributed by atoms with van der Waals surface area (Å²) in [6.45, 7) is 7.59. The van der Waals surface area contributed by atoms with Gasteiger partial charge in [-0.25, -0.2) is 0 Å². The van der Waals surface area contributed by atoms with Crippen LogP contribution in [0.25, 0.3) is 10.8 Å². The van der Waals surface area contributed by atoms with Crippen molar-refractivity contribution in [3.63, 3.8) is 0 Å². The number of hydrogen-bond acceptors (Lipinski definition) is 4. The first-order valence-corrected chi connectivity index (χ1v) is 13.6. The molecular weight excluding hydrogens is 472 g/mol. The number of carbonyl (C=O) groups excluding carboxylic acids is 1. The Labute approximate surface area is 228 Å². The average molecular weight is 515 g/mol. The van der Waals surface area contributed by atoms with Gasteiger partial charge in [-0.3, -0.25) is 9.79 Å². The first-order chi connectivity index (χ1) is 18.4. The van der Waals surface area contributed by atoms with Crippen LogP contribution >= 0.6 is 0 Å². The van der Waals surface area contributed by atoms with Crippen LogP contribution in [0.2, 0.25) is 0 Å². The number of rotatable bonds is 14. The van der Waals surface area contributed by atoms with Crippen LogP contribution in [-0.2, 0) is 20.7 Å². The molecule has 1 atom stereocenters. The number of methoxy groups -OCH3 is 1. The highest BCUT2D eigenvalue weighted by Gasteiger charge is 2.23.